The van der Waals surface area contributed by atoms with Crippen LogP contribution in [0.4, 0.5) is 0 Å². The fourth-order valence-corrected chi connectivity index (χ4v) is 2.23. The third-order valence-electron chi connectivity index (χ3n) is 3.62. The molecule has 2 aromatic carbocycles. The van der Waals surface area contributed by atoms with E-state index in [0.29, 0.717) is 26.2 Å². The third-order valence-corrected chi connectivity index (χ3v) is 3.62. The van der Waals surface area contributed by atoms with Crippen LogP contribution in [-0.4, -0.2) is 35.5 Å². The summed E-state index contributed by atoms with van der Waals surface area (Å²) in [5.74, 6) is -0.966. The molecular formula is C19H21NO4. The van der Waals surface area contributed by atoms with Gasteiger partial charge >= 0.3 is 5.97 Å². The first-order chi connectivity index (χ1) is 11.6. The standard InChI is InChI=1S/C19H21NO4/c1-20(13-15-7-9-17(10-8-15)19(22)23)18(21)11-12-24-14-16-5-3-2-4-6-16/h2-10H,11-14H2,1H3,(H,22,23). The van der Waals surface area contributed by atoms with Gasteiger partial charge in [-0.3, -0.25) is 4.79 Å². The summed E-state index contributed by atoms with van der Waals surface area (Å²) in [7, 11) is 1.73. The average Bonchev–Trinajstić information content (AvgIpc) is 2.60. The lowest BCUT2D eigenvalue weighted by Crippen LogP contribution is -2.27. The highest BCUT2D eigenvalue weighted by atomic mass is 16.5. The van der Waals surface area contributed by atoms with Crippen molar-refractivity contribution in [2.24, 2.45) is 0 Å². The number of aromatic carboxylic acids is 1. The highest BCUT2D eigenvalue weighted by Crippen LogP contribution is 2.08. The molecule has 0 aliphatic rings. The van der Waals surface area contributed by atoms with Crippen LogP contribution in [-0.2, 0) is 22.7 Å². The van der Waals surface area contributed by atoms with Gasteiger partial charge in [0.2, 0.25) is 5.91 Å². The zero-order chi connectivity index (χ0) is 17.4. The number of hydrogen-bond acceptors (Lipinski definition) is 3. The minimum Gasteiger partial charge on any atom is -0.478 e. The predicted octanol–water partition coefficient (Wildman–Crippen LogP) is 2.95. The summed E-state index contributed by atoms with van der Waals surface area (Å²) in [6, 6.07) is 16.3. The summed E-state index contributed by atoms with van der Waals surface area (Å²) in [6.07, 6.45) is 0.316. The minimum absolute atomic E-state index is 0.00891. The lowest BCUT2D eigenvalue weighted by molar-refractivity contribution is -0.131. The molecule has 0 heterocycles. The molecule has 0 radical (unpaired) electrons. The summed E-state index contributed by atoms with van der Waals surface area (Å²) >= 11 is 0. The fourth-order valence-electron chi connectivity index (χ4n) is 2.23. The van der Waals surface area contributed by atoms with Gasteiger partial charge in [-0.2, -0.15) is 0 Å². The van der Waals surface area contributed by atoms with E-state index in [2.05, 4.69) is 0 Å². The SMILES string of the molecule is CN(Cc1ccc(C(=O)O)cc1)C(=O)CCOCc1ccccc1. The Balaban J connectivity index is 1.72. The molecule has 1 amide bonds. The zero-order valence-corrected chi connectivity index (χ0v) is 13.6. The van der Waals surface area contributed by atoms with E-state index in [1.807, 2.05) is 30.3 Å². The molecule has 1 N–H and O–H groups in total. The summed E-state index contributed by atoms with van der Waals surface area (Å²) in [4.78, 5) is 24.5. The van der Waals surface area contributed by atoms with E-state index >= 15 is 0 Å². The Kier molecular flexibility index (Phi) is 6.51. The quantitative estimate of drug-likeness (QED) is 0.757. The normalized spacial score (nSPS) is 10.4. The van der Waals surface area contributed by atoms with Gasteiger partial charge in [0.25, 0.3) is 0 Å². The minimum atomic E-state index is -0.957. The Bertz CT molecular complexity index is 668. The molecule has 0 aliphatic heterocycles. The van der Waals surface area contributed by atoms with Crippen molar-refractivity contribution >= 4 is 11.9 Å². The monoisotopic (exact) mass is 327 g/mol. The first-order valence-electron chi connectivity index (χ1n) is 7.74. The smallest absolute Gasteiger partial charge is 0.335 e. The van der Waals surface area contributed by atoms with Gasteiger partial charge in [0.15, 0.2) is 0 Å². The van der Waals surface area contributed by atoms with Gasteiger partial charge < -0.3 is 14.7 Å². The van der Waals surface area contributed by atoms with E-state index in [-0.39, 0.29) is 11.5 Å². The van der Waals surface area contributed by atoms with Crippen LogP contribution >= 0.6 is 0 Å². The number of carbonyl (C=O) groups is 2. The van der Waals surface area contributed by atoms with E-state index in [0.717, 1.165) is 11.1 Å². The number of carboxylic acid groups (broad SMARTS) is 1. The van der Waals surface area contributed by atoms with Crippen LogP contribution in [0.1, 0.15) is 27.9 Å². The molecule has 24 heavy (non-hydrogen) atoms. The van der Waals surface area contributed by atoms with Gasteiger partial charge in [-0.1, -0.05) is 42.5 Å². The Morgan fingerprint density at radius 2 is 1.67 bits per heavy atom. The molecule has 2 aromatic rings. The number of carboxylic acids is 1. The Labute approximate surface area is 141 Å². The molecule has 0 atom stereocenters. The third kappa shape index (κ3) is 5.52. The lowest BCUT2D eigenvalue weighted by Gasteiger charge is -2.17. The number of benzene rings is 2. The van der Waals surface area contributed by atoms with Crippen LogP contribution in [0.15, 0.2) is 54.6 Å². The summed E-state index contributed by atoms with van der Waals surface area (Å²) in [5, 5.41) is 8.87. The Morgan fingerprint density at radius 1 is 1.00 bits per heavy atom. The highest BCUT2D eigenvalue weighted by Gasteiger charge is 2.10. The molecule has 126 valence electrons. The van der Waals surface area contributed by atoms with Crippen molar-refractivity contribution in [1.29, 1.82) is 0 Å². The number of carbonyl (C=O) groups excluding carboxylic acids is 1. The molecule has 0 spiro atoms. The van der Waals surface area contributed by atoms with Crippen LogP contribution in [0.25, 0.3) is 0 Å². The first kappa shape index (κ1) is 17.7. The number of hydrogen-bond donors (Lipinski definition) is 1. The second-order valence-electron chi connectivity index (χ2n) is 5.54. The van der Waals surface area contributed by atoms with Gasteiger partial charge in [0.1, 0.15) is 0 Å². The van der Waals surface area contributed by atoms with Crippen molar-refractivity contribution in [1.82, 2.24) is 4.90 Å². The molecule has 0 saturated carbocycles. The highest BCUT2D eigenvalue weighted by molar-refractivity contribution is 5.87. The van der Waals surface area contributed by atoms with Gasteiger partial charge in [-0.05, 0) is 23.3 Å². The molecule has 0 aliphatic carbocycles. The van der Waals surface area contributed by atoms with E-state index < -0.39 is 5.97 Å². The molecule has 0 saturated heterocycles. The van der Waals surface area contributed by atoms with Crippen LogP contribution in [0, 0.1) is 0 Å². The van der Waals surface area contributed by atoms with Crippen LogP contribution in [0.2, 0.25) is 0 Å². The lowest BCUT2D eigenvalue weighted by atomic mass is 10.1. The summed E-state index contributed by atoms with van der Waals surface area (Å²) < 4.78 is 5.52. The van der Waals surface area contributed by atoms with Gasteiger partial charge in [0, 0.05) is 13.6 Å². The van der Waals surface area contributed by atoms with Crippen molar-refractivity contribution in [2.45, 2.75) is 19.6 Å². The molecule has 2 rings (SSSR count). The van der Waals surface area contributed by atoms with Crippen LogP contribution in [0.3, 0.4) is 0 Å². The topological polar surface area (TPSA) is 66.8 Å². The fraction of sp³-hybridized carbons (Fsp3) is 0.263. The number of nitrogens with zero attached hydrogens (tertiary/aromatic N) is 1. The van der Waals surface area contributed by atoms with Gasteiger partial charge in [0.05, 0.1) is 25.2 Å². The molecule has 5 heteroatoms. The van der Waals surface area contributed by atoms with Gasteiger partial charge in [-0.15, -0.1) is 0 Å². The molecular weight excluding hydrogens is 306 g/mol. The first-order valence-corrected chi connectivity index (χ1v) is 7.74. The van der Waals surface area contributed by atoms with Gasteiger partial charge in [-0.25, -0.2) is 4.79 Å². The largest absolute Gasteiger partial charge is 0.478 e. The van der Waals surface area contributed by atoms with Crippen molar-refractivity contribution in [3.63, 3.8) is 0 Å². The maximum absolute atomic E-state index is 12.1. The molecule has 5 nitrogen and oxygen atoms in total. The van der Waals surface area contributed by atoms with E-state index in [9.17, 15) is 9.59 Å². The van der Waals surface area contributed by atoms with E-state index in [1.54, 1.807) is 36.2 Å². The Morgan fingerprint density at radius 3 is 2.29 bits per heavy atom. The average molecular weight is 327 g/mol. The maximum Gasteiger partial charge on any atom is 0.335 e. The second kappa shape index (κ2) is 8.84. The van der Waals surface area contributed by atoms with Crippen LogP contribution in [0.5, 0.6) is 0 Å². The van der Waals surface area contributed by atoms with E-state index in [1.165, 1.54) is 0 Å². The van der Waals surface area contributed by atoms with Crippen LogP contribution < -0.4 is 0 Å². The van der Waals surface area contributed by atoms with Crippen molar-refractivity contribution in [3.8, 4) is 0 Å². The second-order valence-corrected chi connectivity index (χ2v) is 5.54. The molecule has 0 aromatic heterocycles. The predicted molar refractivity (Wildman–Crippen MR) is 90.6 cm³/mol. The molecule has 0 fully saturated rings. The maximum atomic E-state index is 12.1. The molecule has 0 unspecified atom stereocenters. The number of ether oxygens (including phenoxy) is 1. The van der Waals surface area contributed by atoms with E-state index in [4.69, 9.17) is 9.84 Å². The van der Waals surface area contributed by atoms with Crippen molar-refractivity contribution in [3.05, 3.63) is 71.3 Å². The van der Waals surface area contributed by atoms with Crippen molar-refractivity contribution < 1.29 is 19.4 Å². The zero-order valence-electron chi connectivity index (χ0n) is 13.6. The molecule has 0 bridgehead atoms. The summed E-state index contributed by atoms with van der Waals surface area (Å²) in [6.45, 7) is 1.31. The number of rotatable bonds is 8. The van der Waals surface area contributed by atoms with Crippen molar-refractivity contribution in [2.75, 3.05) is 13.7 Å². The Hall–Kier alpha value is -2.66. The summed E-state index contributed by atoms with van der Waals surface area (Å²) in [5.41, 5.74) is 2.21. The number of amides is 1.